The molecule has 0 saturated heterocycles. The van der Waals surface area contributed by atoms with Gasteiger partial charge in [0.15, 0.2) is 0 Å². The zero-order chi connectivity index (χ0) is 11.2. The van der Waals surface area contributed by atoms with E-state index in [1.165, 1.54) is 0 Å². The molecule has 2 rings (SSSR count). The summed E-state index contributed by atoms with van der Waals surface area (Å²) >= 11 is 0. The fourth-order valence-electron chi connectivity index (χ4n) is 1.21. The highest BCUT2D eigenvalue weighted by atomic mass is 15.3. The van der Waals surface area contributed by atoms with Crippen molar-refractivity contribution in [3.63, 3.8) is 0 Å². The van der Waals surface area contributed by atoms with Crippen LogP contribution in [0, 0.1) is 6.92 Å². The minimum absolute atomic E-state index is 0.729. The number of hydrazone groups is 1. The highest BCUT2D eigenvalue weighted by molar-refractivity contribution is 5.77. The van der Waals surface area contributed by atoms with Crippen LogP contribution >= 0.6 is 0 Å². The second-order valence-electron chi connectivity index (χ2n) is 3.34. The first-order valence-electron chi connectivity index (χ1n) is 4.97. The molecule has 0 aliphatic heterocycles. The van der Waals surface area contributed by atoms with Gasteiger partial charge in [0.1, 0.15) is 5.82 Å². The van der Waals surface area contributed by atoms with Crippen LogP contribution in [0.4, 0.5) is 5.82 Å². The van der Waals surface area contributed by atoms with Crippen LogP contribution in [0.3, 0.4) is 0 Å². The summed E-state index contributed by atoms with van der Waals surface area (Å²) in [6.07, 6.45) is 5.13. The second kappa shape index (κ2) is 5.02. The number of nitrogens with zero attached hydrogens (tertiary/aromatic N) is 3. The van der Waals surface area contributed by atoms with Crippen molar-refractivity contribution in [2.45, 2.75) is 6.92 Å². The predicted octanol–water partition coefficient (Wildman–Crippen LogP) is 2.23. The first-order chi connectivity index (χ1) is 7.84. The van der Waals surface area contributed by atoms with E-state index in [-0.39, 0.29) is 0 Å². The second-order valence-corrected chi connectivity index (χ2v) is 3.34. The molecule has 0 aliphatic rings. The van der Waals surface area contributed by atoms with Crippen LogP contribution < -0.4 is 5.43 Å². The quantitative estimate of drug-likeness (QED) is 0.627. The Hall–Kier alpha value is -2.23. The SMILES string of the molecule is Cc1ccnc(N/N=C/c2ccccn2)c1. The maximum absolute atomic E-state index is 4.13. The zero-order valence-electron chi connectivity index (χ0n) is 8.96. The molecule has 2 aromatic rings. The van der Waals surface area contributed by atoms with Gasteiger partial charge in [0, 0.05) is 12.4 Å². The molecule has 0 amide bonds. The molecular weight excluding hydrogens is 200 g/mol. The van der Waals surface area contributed by atoms with Crippen molar-refractivity contribution in [1.29, 1.82) is 0 Å². The normalized spacial score (nSPS) is 10.6. The van der Waals surface area contributed by atoms with Crippen LogP contribution in [-0.4, -0.2) is 16.2 Å². The first-order valence-corrected chi connectivity index (χ1v) is 4.97. The van der Waals surface area contributed by atoms with Crippen molar-refractivity contribution in [3.05, 3.63) is 54.0 Å². The Morgan fingerprint density at radius 2 is 2.12 bits per heavy atom. The molecule has 2 aromatic heterocycles. The standard InChI is InChI=1S/C12H12N4/c1-10-5-7-14-12(8-10)16-15-9-11-4-2-3-6-13-11/h2-9H,1H3,(H,14,16)/b15-9+. The van der Waals surface area contributed by atoms with Crippen LogP contribution in [0.25, 0.3) is 0 Å². The monoisotopic (exact) mass is 212 g/mol. The van der Waals surface area contributed by atoms with E-state index in [0.29, 0.717) is 0 Å². The van der Waals surface area contributed by atoms with Gasteiger partial charge in [0.05, 0.1) is 11.9 Å². The van der Waals surface area contributed by atoms with E-state index >= 15 is 0 Å². The van der Waals surface area contributed by atoms with Crippen molar-refractivity contribution in [2.75, 3.05) is 5.43 Å². The average Bonchev–Trinajstić information content (AvgIpc) is 2.30. The molecule has 1 N–H and O–H groups in total. The number of pyridine rings is 2. The molecule has 0 spiro atoms. The Kier molecular flexibility index (Phi) is 3.23. The smallest absolute Gasteiger partial charge is 0.146 e. The van der Waals surface area contributed by atoms with E-state index in [4.69, 9.17) is 0 Å². The maximum atomic E-state index is 4.13. The molecule has 4 nitrogen and oxygen atoms in total. The summed E-state index contributed by atoms with van der Waals surface area (Å²) in [5.74, 6) is 0.729. The van der Waals surface area contributed by atoms with Gasteiger partial charge in [-0.2, -0.15) is 5.10 Å². The first kappa shape index (κ1) is 10.3. The molecule has 0 unspecified atom stereocenters. The maximum Gasteiger partial charge on any atom is 0.146 e. The van der Waals surface area contributed by atoms with E-state index in [2.05, 4.69) is 20.5 Å². The Morgan fingerprint density at radius 3 is 2.88 bits per heavy atom. The lowest BCUT2D eigenvalue weighted by Crippen LogP contribution is -1.94. The number of hydrogen-bond acceptors (Lipinski definition) is 4. The van der Waals surface area contributed by atoms with Crippen LogP contribution in [-0.2, 0) is 0 Å². The van der Waals surface area contributed by atoms with Crippen molar-refractivity contribution in [3.8, 4) is 0 Å². The highest BCUT2D eigenvalue weighted by Crippen LogP contribution is 2.04. The Labute approximate surface area is 94.1 Å². The molecule has 0 radical (unpaired) electrons. The van der Waals surface area contributed by atoms with Crippen molar-refractivity contribution >= 4 is 12.0 Å². The molecule has 0 atom stereocenters. The van der Waals surface area contributed by atoms with E-state index in [1.54, 1.807) is 18.6 Å². The molecule has 0 aliphatic carbocycles. The summed E-state index contributed by atoms with van der Waals surface area (Å²) in [6.45, 7) is 2.01. The predicted molar refractivity (Wildman–Crippen MR) is 64.4 cm³/mol. The summed E-state index contributed by atoms with van der Waals surface area (Å²) in [5, 5.41) is 4.05. The van der Waals surface area contributed by atoms with Crippen LogP contribution in [0.15, 0.2) is 47.8 Å². The number of aryl methyl sites for hydroxylation is 1. The van der Waals surface area contributed by atoms with Gasteiger partial charge in [-0.15, -0.1) is 0 Å². The van der Waals surface area contributed by atoms with Gasteiger partial charge >= 0.3 is 0 Å². The van der Waals surface area contributed by atoms with Crippen molar-refractivity contribution in [1.82, 2.24) is 9.97 Å². The summed E-state index contributed by atoms with van der Waals surface area (Å²) in [7, 11) is 0. The van der Waals surface area contributed by atoms with Crippen LogP contribution in [0.2, 0.25) is 0 Å². The molecule has 80 valence electrons. The van der Waals surface area contributed by atoms with Gasteiger partial charge in [-0.05, 0) is 36.8 Å². The average molecular weight is 212 g/mol. The van der Waals surface area contributed by atoms with Gasteiger partial charge in [-0.1, -0.05) is 6.07 Å². The Morgan fingerprint density at radius 1 is 1.19 bits per heavy atom. The van der Waals surface area contributed by atoms with Crippen molar-refractivity contribution in [2.24, 2.45) is 5.10 Å². The van der Waals surface area contributed by atoms with Gasteiger partial charge in [0.2, 0.25) is 0 Å². The molecule has 2 heterocycles. The fraction of sp³-hybridized carbons (Fsp3) is 0.0833. The van der Waals surface area contributed by atoms with Crippen molar-refractivity contribution < 1.29 is 0 Å². The third kappa shape index (κ3) is 2.88. The van der Waals surface area contributed by atoms with Gasteiger partial charge in [-0.3, -0.25) is 10.4 Å². The van der Waals surface area contributed by atoms with Gasteiger partial charge in [0.25, 0.3) is 0 Å². The Balaban J connectivity index is 2.00. The largest absolute Gasteiger partial charge is 0.261 e. The topological polar surface area (TPSA) is 50.2 Å². The molecule has 0 bridgehead atoms. The number of rotatable bonds is 3. The number of aromatic nitrogens is 2. The van der Waals surface area contributed by atoms with Gasteiger partial charge in [-0.25, -0.2) is 4.98 Å². The Bertz CT molecular complexity index is 479. The lowest BCUT2D eigenvalue weighted by Gasteiger charge is -1.99. The third-order valence-electron chi connectivity index (χ3n) is 1.98. The lowest BCUT2D eigenvalue weighted by atomic mass is 10.3. The van der Waals surface area contributed by atoms with E-state index < -0.39 is 0 Å². The number of nitrogens with one attached hydrogen (secondary N) is 1. The number of anilines is 1. The summed E-state index contributed by atoms with van der Waals surface area (Å²) in [5.41, 5.74) is 4.80. The fourth-order valence-corrected chi connectivity index (χ4v) is 1.21. The van der Waals surface area contributed by atoms with Crippen LogP contribution in [0.1, 0.15) is 11.3 Å². The molecule has 0 aromatic carbocycles. The van der Waals surface area contributed by atoms with Crippen LogP contribution in [0.5, 0.6) is 0 Å². The lowest BCUT2D eigenvalue weighted by molar-refractivity contribution is 1.20. The molecule has 16 heavy (non-hydrogen) atoms. The summed E-state index contributed by atoms with van der Waals surface area (Å²) in [6, 6.07) is 9.53. The summed E-state index contributed by atoms with van der Waals surface area (Å²) < 4.78 is 0. The number of hydrogen-bond donors (Lipinski definition) is 1. The van der Waals surface area contributed by atoms with E-state index in [1.807, 2.05) is 37.3 Å². The minimum atomic E-state index is 0.729. The van der Waals surface area contributed by atoms with E-state index in [9.17, 15) is 0 Å². The third-order valence-corrected chi connectivity index (χ3v) is 1.98. The highest BCUT2D eigenvalue weighted by Gasteiger charge is 1.90. The molecule has 4 heteroatoms. The molecule has 0 fully saturated rings. The zero-order valence-corrected chi connectivity index (χ0v) is 8.96. The summed E-state index contributed by atoms with van der Waals surface area (Å²) in [4.78, 5) is 8.24. The molecule has 0 saturated carbocycles. The minimum Gasteiger partial charge on any atom is -0.261 e. The van der Waals surface area contributed by atoms with E-state index in [0.717, 1.165) is 17.1 Å². The molecular formula is C12H12N4. The van der Waals surface area contributed by atoms with Gasteiger partial charge < -0.3 is 0 Å².